The molecule has 2 heterocycles. The van der Waals surface area contributed by atoms with E-state index in [1.54, 1.807) is 12.1 Å². The number of fused-ring (bicyclic) bond motifs is 3. The number of aromatic nitrogens is 3. The van der Waals surface area contributed by atoms with E-state index >= 15 is 0 Å². The van der Waals surface area contributed by atoms with Gasteiger partial charge in [-0.3, -0.25) is 9.20 Å². The highest BCUT2D eigenvalue weighted by Crippen LogP contribution is 2.30. The van der Waals surface area contributed by atoms with Gasteiger partial charge in [0.05, 0.1) is 10.8 Å². The lowest BCUT2D eigenvalue weighted by Gasteiger charge is -2.14. The normalized spacial score (nSPS) is 12.4. The quantitative estimate of drug-likeness (QED) is 0.479. The maximum Gasteiger partial charge on any atom is 0.237 e. The number of pyridine rings is 1. The van der Waals surface area contributed by atoms with Crippen LogP contribution in [0.2, 0.25) is 0 Å². The third-order valence-electron chi connectivity index (χ3n) is 4.86. The van der Waals surface area contributed by atoms with Crippen molar-refractivity contribution in [3.63, 3.8) is 0 Å². The smallest absolute Gasteiger partial charge is 0.237 e. The highest BCUT2D eigenvalue weighted by Gasteiger charge is 2.20. The van der Waals surface area contributed by atoms with Gasteiger partial charge in [-0.05, 0) is 75.2 Å². The number of anilines is 1. The number of carbonyl (C=O) groups excluding carboxylic acids is 1. The van der Waals surface area contributed by atoms with Gasteiger partial charge >= 0.3 is 0 Å². The van der Waals surface area contributed by atoms with E-state index in [0.717, 1.165) is 27.7 Å². The van der Waals surface area contributed by atoms with E-state index in [0.29, 0.717) is 10.8 Å². The van der Waals surface area contributed by atoms with Gasteiger partial charge in [0.15, 0.2) is 10.8 Å². The average Bonchev–Trinajstić information content (AvgIpc) is 3.05. The summed E-state index contributed by atoms with van der Waals surface area (Å²) in [5, 5.41) is 12.9. The molecule has 1 N–H and O–H groups in total. The second-order valence-electron chi connectivity index (χ2n) is 7.24. The first kappa shape index (κ1) is 19.4. The lowest BCUT2D eigenvalue weighted by Crippen LogP contribution is -2.22. The molecule has 0 spiro atoms. The third kappa shape index (κ3) is 3.70. The highest BCUT2D eigenvalue weighted by molar-refractivity contribution is 8.00. The molecule has 2 aromatic carbocycles. The lowest BCUT2D eigenvalue weighted by atomic mass is 10.0. The minimum Gasteiger partial charge on any atom is -0.325 e. The van der Waals surface area contributed by atoms with Gasteiger partial charge < -0.3 is 5.32 Å². The van der Waals surface area contributed by atoms with E-state index in [1.807, 2.05) is 17.4 Å². The molecule has 0 bridgehead atoms. The Morgan fingerprint density at radius 2 is 1.79 bits per heavy atom. The Bertz CT molecular complexity index is 1230. The third-order valence-corrected chi connectivity index (χ3v) is 5.90. The highest BCUT2D eigenvalue weighted by atomic mass is 32.2. The number of amides is 1. The Morgan fingerprint density at radius 3 is 2.52 bits per heavy atom. The number of benzene rings is 2. The molecule has 1 atom stereocenters. The number of rotatable bonds is 4. The van der Waals surface area contributed by atoms with Gasteiger partial charge in [-0.15, -0.1) is 10.2 Å². The van der Waals surface area contributed by atoms with Crippen LogP contribution >= 0.6 is 11.8 Å². The van der Waals surface area contributed by atoms with E-state index in [1.165, 1.54) is 29.5 Å². The molecule has 0 radical (unpaired) electrons. The molecule has 5 nitrogen and oxygen atoms in total. The van der Waals surface area contributed by atoms with Crippen molar-refractivity contribution in [1.29, 1.82) is 0 Å². The van der Waals surface area contributed by atoms with Crippen LogP contribution in [0.3, 0.4) is 0 Å². The molecule has 2 aromatic heterocycles. The number of hydrogen-bond donors (Lipinski definition) is 1. The molecular formula is C22H21FN4OS. The summed E-state index contributed by atoms with van der Waals surface area (Å²) in [7, 11) is 0. The molecule has 0 aliphatic rings. The molecule has 4 rings (SSSR count). The summed E-state index contributed by atoms with van der Waals surface area (Å²) in [4.78, 5) is 12.6. The van der Waals surface area contributed by atoms with Gasteiger partial charge in [-0.25, -0.2) is 4.39 Å². The molecule has 29 heavy (non-hydrogen) atoms. The minimum absolute atomic E-state index is 0.178. The Balaban J connectivity index is 1.68. The van der Waals surface area contributed by atoms with Crippen LogP contribution in [0.25, 0.3) is 16.6 Å². The van der Waals surface area contributed by atoms with Crippen LogP contribution in [0, 0.1) is 26.6 Å². The number of halogens is 1. The van der Waals surface area contributed by atoms with Crippen molar-refractivity contribution in [1.82, 2.24) is 14.6 Å². The lowest BCUT2D eigenvalue weighted by molar-refractivity contribution is -0.115. The number of nitrogens with one attached hydrogen (secondary N) is 1. The molecule has 0 fully saturated rings. The topological polar surface area (TPSA) is 59.3 Å². The van der Waals surface area contributed by atoms with Crippen LogP contribution in [-0.4, -0.2) is 25.8 Å². The second kappa shape index (κ2) is 7.48. The molecular weight excluding hydrogens is 387 g/mol. The van der Waals surface area contributed by atoms with Crippen molar-refractivity contribution in [2.75, 3.05) is 5.32 Å². The van der Waals surface area contributed by atoms with Gasteiger partial charge in [0.2, 0.25) is 5.91 Å². The van der Waals surface area contributed by atoms with Crippen molar-refractivity contribution in [3.8, 4) is 0 Å². The van der Waals surface area contributed by atoms with Gasteiger partial charge in [-0.2, -0.15) is 0 Å². The van der Waals surface area contributed by atoms with Crippen molar-refractivity contribution in [2.24, 2.45) is 0 Å². The van der Waals surface area contributed by atoms with Crippen LogP contribution in [0.5, 0.6) is 0 Å². The largest absolute Gasteiger partial charge is 0.325 e. The predicted molar refractivity (Wildman–Crippen MR) is 115 cm³/mol. The van der Waals surface area contributed by atoms with Crippen LogP contribution in [-0.2, 0) is 4.79 Å². The summed E-state index contributed by atoms with van der Waals surface area (Å²) < 4.78 is 15.1. The van der Waals surface area contributed by atoms with Crippen LogP contribution in [0.4, 0.5) is 10.1 Å². The minimum atomic E-state index is -0.408. The second-order valence-corrected chi connectivity index (χ2v) is 8.55. The van der Waals surface area contributed by atoms with E-state index in [2.05, 4.69) is 48.4 Å². The predicted octanol–water partition coefficient (Wildman–Crippen LogP) is 5.07. The molecule has 0 aliphatic heterocycles. The molecule has 0 aliphatic carbocycles. The first-order valence-electron chi connectivity index (χ1n) is 9.32. The van der Waals surface area contributed by atoms with Crippen molar-refractivity contribution in [2.45, 2.75) is 38.1 Å². The fourth-order valence-corrected chi connectivity index (χ4v) is 4.34. The van der Waals surface area contributed by atoms with Crippen molar-refractivity contribution < 1.29 is 9.18 Å². The number of aryl methyl sites for hydroxylation is 3. The first-order chi connectivity index (χ1) is 13.8. The van der Waals surface area contributed by atoms with Crippen LogP contribution in [0.1, 0.15) is 23.6 Å². The summed E-state index contributed by atoms with van der Waals surface area (Å²) in [6.07, 6.45) is 0. The Morgan fingerprint density at radius 1 is 1.07 bits per heavy atom. The SMILES string of the molecule is Cc1cc(C)c2c(c1)c(C)cc1nnc(SC(C)C(=O)Nc3ccc(F)cc3)n12. The number of hydrogen-bond acceptors (Lipinski definition) is 4. The van der Waals surface area contributed by atoms with Gasteiger partial charge in [0.25, 0.3) is 0 Å². The number of thioether (sulfide) groups is 1. The van der Waals surface area contributed by atoms with Gasteiger partial charge in [0.1, 0.15) is 5.82 Å². The Hall–Kier alpha value is -2.93. The maximum absolute atomic E-state index is 13.1. The Kier molecular flexibility index (Phi) is 5.00. The van der Waals surface area contributed by atoms with E-state index in [4.69, 9.17) is 0 Å². The fourth-order valence-electron chi connectivity index (χ4n) is 3.48. The number of carbonyl (C=O) groups is 1. The fraction of sp³-hybridized carbons (Fsp3) is 0.227. The standard InChI is InChI=1S/C22H21FN4OS/c1-12-9-14(3)20-18(10-12)13(2)11-19-25-26-22(27(19)20)29-15(4)21(28)24-17-7-5-16(23)6-8-17/h5-11,15H,1-4H3,(H,24,28). The zero-order valence-corrected chi connectivity index (χ0v) is 17.5. The van der Waals surface area contributed by atoms with Crippen molar-refractivity contribution >= 4 is 39.9 Å². The van der Waals surface area contributed by atoms with Gasteiger partial charge in [0, 0.05) is 11.1 Å². The summed E-state index contributed by atoms with van der Waals surface area (Å²) in [5.41, 5.74) is 5.86. The first-order valence-corrected chi connectivity index (χ1v) is 10.2. The zero-order valence-electron chi connectivity index (χ0n) is 16.7. The molecule has 0 saturated carbocycles. The number of nitrogens with zero attached hydrogens (tertiary/aromatic N) is 3. The Labute approximate surface area is 172 Å². The zero-order chi connectivity index (χ0) is 20.7. The molecule has 4 aromatic rings. The summed E-state index contributed by atoms with van der Waals surface area (Å²) >= 11 is 1.35. The monoisotopic (exact) mass is 408 g/mol. The molecule has 148 valence electrons. The molecule has 0 saturated heterocycles. The molecule has 7 heteroatoms. The molecule has 1 unspecified atom stereocenters. The maximum atomic E-state index is 13.1. The van der Waals surface area contributed by atoms with Crippen LogP contribution in [0.15, 0.2) is 47.6 Å². The summed E-state index contributed by atoms with van der Waals surface area (Å²) in [6, 6.07) is 12.0. The van der Waals surface area contributed by atoms with Crippen LogP contribution < -0.4 is 5.32 Å². The van der Waals surface area contributed by atoms with Gasteiger partial charge in [-0.1, -0.05) is 23.4 Å². The average molecular weight is 409 g/mol. The van der Waals surface area contributed by atoms with E-state index in [-0.39, 0.29) is 11.7 Å². The van der Waals surface area contributed by atoms with Crippen molar-refractivity contribution in [3.05, 3.63) is 65.0 Å². The van der Waals surface area contributed by atoms with E-state index < -0.39 is 5.25 Å². The summed E-state index contributed by atoms with van der Waals surface area (Å²) in [6.45, 7) is 8.05. The molecule has 1 amide bonds. The summed E-state index contributed by atoms with van der Waals surface area (Å²) in [5.74, 6) is -0.518. The van der Waals surface area contributed by atoms with E-state index in [9.17, 15) is 9.18 Å².